The summed E-state index contributed by atoms with van der Waals surface area (Å²) in [6.07, 6.45) is 18.3. The molecule has 0 aliphatic carbocycles. The van der Waals surface area contributed by atoms with Crippen LogP contribution < -0.4 is 21.3 Å². The zero-order chi connectivity index (χ0) is 38.6. The second-order valence-corrected chi connectivity index (χ2v) is 17.0. The van der Waals surface area contributed by atoms with Crippen LogP contribution in [-0.4, -0.2) is 100 Å². The van der Waals surface area contributed by atoms with E-state index in [0.717, 1.165) is 58.0 Å². The van der Waals surface area contributed by atoms with E-state index in [4.69, 9.17) is 0 Å². The lowest BCUT2D eigenvalue weighted by atomic mass is 9.87. The van der Waals surface area contributed by atoms with Crippen molar-refractivity contribution >= 4 is 5.91 Å². The van der Waals surface area contributed by atoms with Crippen molar-refractivity contribution in [3.8, 4) is 0 Å². The van der Waals surface area contributed by atoms with Gasteiger partial charge in [0.1, 0.15) is 0 Å². The maximum atomic E-state index is 13.3. The lowest BCUT2D eigenvalue weighted by molar-refractivity contribution is -0.135. The third-order valence-electron chi connectivity index (χ3n) is 10.9. The standard InChI is InChI=1S/C45H88N6O/c1-11-12-13-14-15-16-17-18-19-27-48-40(7)21-20-39(6)26-32-50(9)33-31-49-41(8)35-42-22-24-43(25-23-42)36-44(37(2)3)45(52)51(10)34-30-46-28-29-47-38(4)5/h22-25,37-41,44,46-49H,11-21,26-36H2,1-10H3. The van der Waals surface area contributed by atoms with Crippen LogP contribution in [-0.2, 0) is 17.6 Å². The van der Waals surface area contributed by atoms with E-state index in [1.54, 1.807) is 0 Å². The number of hydrogen-bond acceptors (Lipinski definition) is 6. The molecule has 0 aliphatic rings. The minimum atomic E-state index is -0.00110. The number of benzene rings is 1. The summed E-state index contributed by atoms with van der Waals surface area (Å²) in [7, 11) is 4.21. The van der Waals surface area contributed by atoms with Gasteiger partial charge in [-0.3, -0.25) is 4.79 Å². The average Bonchev–Trinajstić information content (AvgIpc) is 3.11. The number of amides is 1. The summed E-state index contributed by atoms with van der Waals surface area (Å²) in [6, 6.07) is 10.5. The number of rotatable bonds is 34. The third kappa shape index (κ3) is 25.5. The van der Waals surface area contributed by atoms with Crippen molar-refractivity contribution in [1.82, 2.24) is 31.1 Å². The Kier molecular flexibility index (Phi) is 28.7. The number of carbonyl (C=O) groups excluding carboxylic acids is 1. The number of likely N-dealkylation sites (N-methyl/N-ethyl adjacent to an activating group) is 2. The molecule has 0 aliphatic heterocycles. The van der Waals surface area contributed by atoms with E-state index in [-0.39, 0.29) is 11.8 Å². The van der Waals surface area contributed by atoms with E-state index in [0.29, 0.717) is 24.0 Å². The Labute approximate surface area is 324 Å². The summed E-state index contributed by atoms with van der Waals surface area (Å²) in [6.45, 7) is 25.9. The van der Waals surface area contributed by atoms with E-state index >= 15 is 0 Å². The van der Waals surface area contributed by atoms with Crippen molar-refractivity contribution in [3.63, 3.8) is 0 Å². The monoisotopic (exact) mass is 729 g/mol. The molecule has 1 amide bonds. The van der Waals surface area contributed by atoms with Crippen LogP contribution in [0.15, 0.2) is 24.3 Å². The van der Waals surface area contributed by atoms with Crippen molar-refractivity contribution in [2.24, 2.45) is 17.8 Å². The average molecular weight is 729 g/mol. The van der Waals surface area contributed by atoms with Gasteiger partial charge in [0.15, 0.2) is 0 Å². The molecule has 1 aromatic carbocycles. The lowest BCUT2D eigenvalue weighted by Crippen LogP contribution is -2.41. The molecule has 4 unspecified atom stereocenters. The molecular weight excluding hydrogens is 641 g/mol. The fourth-order valence-electron chi connectivity index (χ4n) is 6.93. The van der Waals surface area contributed by atoms with E-state index in [9.17, 15) is 4.79 Å². The highest BCUT2D eigenvalue weighted by Gasteiger charge is 2.25. The third-order valence-corrected chi connectivity index (χ3v) is 10.9. The van der Waals surface area contributed by atoms with Crippen LogP contribution in [0.4, 0.5) is 0 Å². The zero-order valence-corrected chi connectivity index (χ0v) is 36.1. The van der Waals surface area contributed by atoms with Gasteiger partial charge in [-0.15, -0.1) is 0 Å². The van der Waals surface area contributed by atoms with Crippen LogP contribution in [0.1, 0.15) is 144 Å². The predicted molar refractivity (Wildman–Crippen MR) is 228 cm³/mol. The fraction of sp³-hybridized carbons (Fsp3) is 0.844. The SMILES string of the molecule is CCCCCCCCCCCNC(C)CCC(C)CCN(C)CCNC(C)Cc1ccc(CC(C(=O)N(C)CCNCCNC(C)C)C(C)C)cc1. The molecular formula is C45H88N6O. The molecule has 304 valence electrons. The second-order valence-electron chi connectivity index (χ2n) is 17.0. The zero-order valence-electron chi connectivity index (χ0n) is 36.1. The summed E-state index contributed by atoms with van der Waals surface area (Å²) in [4.78, 5) is 17.7. The quantitative estimate of drug-likeness (QED) is 0.0536. The lowest BCUT2D eigenvalue weighted by Gasteiger charge is -2.27. The molecule has 0 fully saturated rings. The molecule has 1 aromatic rings. The highest BCUT2D eigenvalue weighted by Crippen LogP contribution is 2.21. The van der Waals surface area contributed by atoms with E-state index < -0.39 is 0 Å². The van der Waals surface area contributed by atoms with E-state index in [2.05, 4.69) is 113 Å². The summed E-state index contributed by atoms with van der Waals surface area (Å²) in [5.41, 5.74) is 2.60. The molecule has 0 saturated heterocycles. The highest BCUT2D eigenvalue weighted by molar-refractivity contribution is 5.79. The van der Waals surface area contributed by atoms with Crippen LogP contribution in [0, 0.1) is 17.8 Å². The molecule has 7 nitrogen and oxygen atoms in total. The molecule has 0 radical (unpaired) electrons. The van der Waals surface area contributed by atoms with Gasteiger partial charge in [-0.2, -0.15) is 0 Å². The first-order valence-electron chi connectivity index (χ1n) is 21.8. The maximum Gasteiger partial charge on any atom is 0.226 e. The van der Waals surface area contributed by atoms with Crippen molar-refractivity contribution < 1.29 is 4.79 Å². The number of hydrogen-bond donors (Lipinski definition) is 4. The molecule has 1 rings (SSSR count). The Hall–Kier alpha value is -1.51. The van der Waals surface area contributed by atoms with Gasteiger partial charge in [0, 0.05) is 70.4 Å². The maximum absolute atomic E-state index is 13.3. The summed E-state index contributed by atoms with van der Waals surface area (Å²) in [5.74, 6) is 1.32. The van der Waals surface area contributed by atoms with Crippen molar-refractivity contribution in [2.75, 3.05) is 66.5 Å². The first-order valence-corrected chi connectivity index (χ1v) is 21.8. The number of unbranched alkanes of at least 4 members (excludes halogenated alkanes) is 8. The van der Waals surface area contributed by atoms with Gasteiger partial charge < -0.3 is 31.1 Å². The molecule has 0 heterocycles. The van der Waals surface area contributed by atoms with Crippen molar-refractivity contribution in [3.05, 3.63) is 35.4 Å². The molecule has 4 N–H and O–H groups in total. The topological polar surface area (TPSA) is 71.7 Å². The van der Waals surface area contributed by atoms with Gasteiger partial charge in [0.25, 0.3) is 0 Å². The summed E-state index contributed by atoms with van der Waals surface area (Å²) >= 11 is 0. The van der Waals surface area contributed by atoms with Crippen molar-refractivity contribution in [1.29, 1.82) is 0 Å². The van der Waals surface area contributed by atoms with Gasteiger partial charge >= 0.3 is 0 Å². The smallest absolute Gasteiger partial charge is 0.226 e. The Balaban J connectivity index is 2.23. The van der Waals surface area contributed by atoms with Crippen LogP contribution in [0.5, 0.6) is 0 Å². The molecule has 7 heteroatoms. The Morgan fingerprint density at radius 3 is 1.81 bits per heavy atom. The van der Waals surface area contributed by atoms with E-state index in [1.807, 2.05) is 11.9 Å². The number of nitrogens with zero attached hydrogens (tertiary/aromatic N) is 2. The number of carbonyl (C=O) groups is 1. The van der Waals surface area contributed by atoms with Crippen LogP contribution in [0.2, 0.25) is 0 Å². The normalized spacial score (nSPS) is 14.3. The van der Waals surface area contributed by atoms with Gasteiger partial charge in [-0.25, -0.2) is 0 Å². The molecule has 0 saturated carbocycles. The Bertz CT molecular complexity index is 969. The largest absolute Gasteiger partial charge is 0.344 e. The van der Waals surface area contributed by atoms with Gasteiger partial charge in [-0.05, 0) is 95.5 Å². The highest BCUT2D eigenvalue weighted by atomic mass is 16.2. The second kappa shape index (κ2) is 30.8. The van der Waals surface area contributed by atoms with Gasteiger partial charge in [0.2, 0.25) is 5.91 Å². The fourth-order valence-corrected chi connectivity index (χ4v) is 6.93. The Morgan fingerprint density at radius 2 is 1.19 bits per heavy atom. The van der Waals surface area contributed by atoms with Crippen LogP contribution in [0.25, 0.3) is 0 Å². The molecule has 52 heavy (non-hydrogen) atoms. The Morgan fingerprint density at radius 1 is 0.596 bits per heavy atom. The summed E-state index contributed by atoms with van der Waals surface area (Å²) in [5, 5.41) is 14.4. The molecule has 4 atom stereocenters. The molecule has 0 aromatic heterocycles. The molecule has 0 bridgehead atoms. The van der Waals surface area contributed by atoms with Crippen LogP contribution in [0.3, 0.4) is 0 Å². The van der Waals surface area contributed by atoms with Crippen LogP contribution >= 0.6 is 0 Å². The minimum Gasteiger partial charge on any atom is -0.344 e. The first kappa shape index (κ1) is 48.5. The minimum absolute atomic E-state index is 0.00110. The van der Waals surface area contributed by atoms with Gasteiger partial charge in [0.05, 0.1) is 0 Å². The number of nitrogens with one attached hydrogen (secondary N) is 4. The van der Waals surface area contributed by atoms with E-state index in [1.165, 1.54) is 101 Å². The van der Waals surface area contributed by atoms with Crippen molar-refractivity contribution in [2.45, 2.75) is 163 Å². The first-order chi connectivity index (χ1) is 24.9. The predicted octanol–water partition coefficient (Wildman–Crippen LogP) is 8.32. The van der Waals surface area contributed by atoms with Gasteiger partial charge in [-0.1, -0.05) is 117 Å². The molecule has 0 spiro atoms. The summed E-state index contributed by atoms with van der Waals surface area (Å²) < 4.78 is 0.